The van der Waals surface area contributed by atoms with Gasteiger partial charge in [-0.1, -0.05) is 290 Å². The van der Waals surface area contributed by atoms with Gasteiger partial charge in [-0.15, -0.1) is 0 Å². The maximum absolute atomic E-state index is 13.6. The van der Waals surface area contributed by atoms with Crippen molar-refractivity contribution in [1.82, 2.24) is 5.32 Å². The summed E-state index contributed by atoms with van der Waals surface area (Å²) in [6.07, 6.45) is 94.6. The van der Waals surface area contributed by atoms with Crippen molar-refractivity contribution in [2.24, 2.45) is 0 Å². The lowest BCUT2D eigenvalue weighted by Gasteiger charge is -2.27. The lowest BCUT2D eigenvalue weighted by Crippen LogP contribution is -2.47. The number of amides is 1. The quantitative estimate of drug-likeness (QED) is 0.0205. The van der Waals surface area contributed by atoms with Crippen LogP contribution in [0.25, 0.3) is 0 Å². The minimum absolute atomic E-state index is 0.0297. The van der Waals surface area contributed by atoms with Gasteiger partial charge in [0.05, 0.1) is 33.8 Å². The number of esters is 1. The average molecular weight is 1240 g/mol. The van der Waals surface area contributed by atoms with E-state index in [0.29, 0.717) is 17.4 Å². The van der Waals surface area contributed by atoms with Crippen molar-refractivity contribution in [2.75, 3.05) is 40.9 Å². The number of phosphoric acid groups is 1. The molecule has 0 aliphatic carbocycles. The van der Waals surface area contributed by atoms with Gasteiger partial charge in [0, 0.05) is 12.8 Å². The van der Waals surface area contributed by atoms with Crippen LogP contribution in [-0.4, -0.2) is 74.3 Å². The average Bonchev–Trinajstić information content (AvgIpc) is 3.61. The SMILES string of the molecule is CC/C=C\C/C=C\C/C=C\C/C=C\C/C=C\C/C=C\CCCCCCCCCCC(=O)OC(/C=C/CCCCCCCCCCCC)C(COP(=O)(O)OCC[N+](C)(C)C)NC(=O)CCCCCCCCC/C=C\C/C=C\C/C=C\C/C=C\CCCCC. The maximum atomic E-state index is 13.6. The summed E-state index contributed by atoms with van der Waals surface area (Å²) in [6, 6.07) is -0.869. The van der Waals surface area contributed by atoms with Gasteiger partial charge in [-0.05, 0) is 128 Å². The number of carbonyl (C=O) groups excluding carboxylic acids is 2. The molecule has 0 aliphatic rings. The molecule has 88 heavy (non-hydrogen) atoms. The zero-order valence-corrected chi connectivity index (χ0v) is 58.6. The molecule has 0 aromatic rings. The highest BCUT2D eigenvalue weighted by atomic mass is 31.2. The highest BCUT2D eigenvalue weighted by molar-refractivity contribution is 7.47. The van der Waals surface area contributed by atoms with Gasteiger partial charge in [-0.25, -0.2) is 4.57 Å². The Bertz CT molecular complexity index is 1970. The fourth-order valence-corrected chi connectivity index (χ4v) is 10.5. The summed E-state index contributed by atoms with van der Waals surface area (Å²) in [4.78, 5) is 37.9. The molecule has 3 atom stereocenters. The number of nitrogens with one attached hydrogen (secondary N) is 1. The van der Waals surface area contributed by atoms with Crippen LogP contribution in [0.1, 0.15) is 297 Å². The number of rotatable bonds is 64. The minimum Gasteiger partial charge on any atom is -0.456 e. The number of quaternary nitrogens is 1. The fourth-order valence-electron chi connectivity index (χ4n) is 9.81. The zero-order chi connectivity index (χ0) is 64.2. The van der Waals surface area contributed by atoms with E-state index in [1.807, 2.05) is 33.3 Å². The molecule has 0 fully saturated rings. The predicted octanol–water partition coefficient (Wildman–Crippen LogP) is 23.2. The molecule has 0 aliphatic heterocycles. The molecule has 0 aromatic carbocycles. The van der Waals surface area contributed by atoms with E-state index in [1.165, 1.54) is 122 Å². The van der Waals surface area contributed by atoms with Crippen molar-refractivity contribution in [1.29, 1.82) is 0 Å². The molecule has 0 rings (SSSR count). The van der Waals surface area contributed by atoms with Gasteiger partial charge in [0.2, 0.25) is 5.91 Å². The van der Waals surface area contributed by atoms with E-state index < -0.39 is 20.0 Å². The van der Waals surface area contributed by atoms with Gasteiger partial charge in [0.1, 0.15) is 19.3 Å². The number of hydrogen-bond donors (Lipinski definition) is 2. The predicted molar refractivity (Wildman–Crippen MR) is 383 cm³/mol. The molecule has 0 spiro atoms. The number of nitrogens with zero attached hydrogens (tertiary/aromatic N) is 1. The Kier molecular flexibility index (Phi) is 63.2. The number of carbonyl (C=O) groups is 2. The number of allylic oxidation sites excluding steroid dienone is 21. The van der Waals surface area contributed by atoms with Crippen LogP contribution in [0.2, 0.25) is 0 Å². The molecule has 0 saturated carbocycles. The Morgan fingerprint density at radius 2 is 0.727 bits per heavy atom. The highest BCUT2D eigenvalue weighted by Crippen LogP contribution is 2.43. The first-order valence-electron chi connectivity index (χ1n) is 36.0. The minimum atomic E-state index is -4.47. The molecule has 3 unspecified atom stereocenters. The van der Waals surface area contributed by atoms with E-state index in [0.717, 1.165) is 141 Å². The third-order valence-electron chi connectivity index (χ3n) is 15.3. The van der Waals surface area contributed by atoms with E-state index in [-0.39, 0.29) is 31.5 Å². The topological polar surface area (TPSA) is 111 Å². The lowest BCUT2D eigenvalue weighted by atomic mass is 10.0. The summed E-state index contributed by atoms with van der Waals surface area (Å²) in [5.74, 6) is -0.531. The molecule has 0 saturated heterocycles. The molecule has 0 radical (unpaired) electrons. The lowest BCUT2D eigenvalue weighted by molar-refractivity contribution is -0.870. The number of hydrogen-bond acceptors (Lipinski definition) is 6. The first kappa shape index (κ1) is 84.2. The summed E-state index contributed by atoms with van der Waals surface area (Å²) in [5.41, 5.74) is 0. The smallest absolute Gasteiger partial charge is 0.456 e. The molecule has 0 aromatic heterocycles. The molecule has 10 heteroatoms. The van der Waals surface area contributed by atoms with Crippen LogP contribution in [0.15, 0.2) is 134 Å². The van der Waals surface area contributed by atoms with Gasteiger partial charge in [0.25, 0.3) is 0 Å². The monoisotopic (exact) mass is 1240 g/mol. The molecule has 9 nitrogen and oxygen atoms in total. The van der Waals surface area contributed by atoms with Crippen molar-refractivity contribution < 1.29 is 37.3 Å². The standard InChI is InChI=1S/C78H135N2O7P/c1-7-10-13-16-19-22-25-28-30-32-34-36-38-39-40-41-43-45-47-49-51-53-56-59-62-65-68-71-78(82)87-76(69-66-63-60-57-54-27-24-21-18-15-12-9-3)75(74-86-88(83,84)85-73-72-80(4,5)6)79-77(81)70-67-64-61-58-55-52-50-48-46-44-42-37-35-33-31-29-26-23-20-17-14-11-8-2/h10,13,19-20,22-23,28-31,34-37,39-40,43-46,66,69,75-76H,7-9,11-12,14-18,21,24-27,32-33,38,41-42,47-65,67-68,70-74H2,1-6H3,(H-,79,81,83,84)/p+1/b13-10-,22-19-,23-20-,30-28-,31-29-,36-34-,37-35-,40-39-,45-43-,46-44-,69-66+. The van der Waals surface area contributed by atoms with Crippen molar-refractivity contribution in [3.63, 3.8) is 0 Å². The van der Waals surface area contributed by atoms with Crippen LogP contribution < -0.4 is 5.32 Å². The van der Waals surface area contributed by atoms with Gasteiger partial charge in [0.15, 0.2) is 0 Å². The van der Waals surface area contributed by atoms with Crippen molar-refractivity contribution >= 4 is 19.7 Å². The molecule has 504 valence electrons. The van der Waals surface area contributed by atoms with Crippen LogP contribution in [-0.2, 0) is 27.9 Å². The van der Waals surface area contributed by atoms with Crippen LogP contribution >= 0.6 is 7.82 Å². The molecular weight excluding hydrogens is 1110 g/mol. The third kappa shape index (κ3) is 66.6. The summed E-state index contributed by atoms with van der Waals surface area (Å²) >= 11 is 0. The summed E-state index contributed by atoms with van der Waals surface area (Å²) < 4.78 is 30.8. The Labute approximate surface area is 543 Å². The van der Waals surface area contributed by atoms with Crippen molar-refractivity contribution in [3.05, 3.63) is 134 Å². The van der Waals surface area contributed by atoms with Gasteiger partial charge >= 0.3 is 13.8 Å². The number of unbranched alkanes of at least 4 members (excludes halogenated alkanes) is 28. The van der Waals surface area contributed by atoms with E-state index in [4.69, 9.17) is 13.8 Å². The van der Waals surface area contributed by atoms with Crippen molar-refractivity contribution in [2.45, 2.75) is 309 Å². The summed E-state index contributed by atoms with van der Waals surface area (Å²) in [6.45, 7) is 6.86. The van der Waals surface area contributed by atoms with Gasteiger partial charge in [-0.3, -0.25) is 18.6 Å². The number of ether oxygens (including phenoxy) is 1. The van der Waals surface area contributed by atoms with E-state index in [1.54, 1.807) is 0 Å². The largest absolute Gasteiger partial charge is 0.472 e. The summed E-state index contributed by atoms with van der Waals surface area (Å²) in [7, 11) is 1.47. The van der Waals surface area contributed by atoms with Gasteiger partial charge < -0.3 is 19.4 Å². The highest BCUT2D eigenvalue weighted by Gasteiger charge is 2.30. The fraction of sp³-hybridized carbons (Fsp3) is 0.692. The molecular formula is C78H136N2O7P+. The zero-order valence-electron chi connectivity index (χ0n) is 57.7. The second-order valence-electron chi connectivity index (χ2n) is 25.0. The van der Waals surface area contributed by atoms with Crippen LogP contribution in [0, 0.1) is 0 Å². The Morgan fingerprint density at radius 1 is 0.409 bits per heavy atom. The Balaban J connectivity index is 5.12. The number of likely N-dealkylation sites (N-methyl/N-ethyl adjacent to an activating group) is 1. The molecule has 1 amide bonds. The van der Waals surface area contributed by atoms with E-state index >= 15 is 0 Å². The second-order valence-corrected chi connectivity index (χ2v) is 26.5. The number of phosphoric ester groups is 1. The van der Waals surface area contributed by atoms with Crippen LogP contribution in [0.3, 0.4) is 0 Å². The van der Waals surface area contributed by atoms with E-state index in [2.05, 4.69) is 148 Å². The Morgan fingerprint density at radius 3 is 1.11 bits per heavy atom. The van der Waals surface area contributed by atoms with Crippen molar-refractivity contribution in [3.8, 4) is 0 Å². The van der Waals surface area contributed by atoms with Crippen LogP contribution in [0.4, 0.5) is 0 Å². The Hall–Kier alpha value is -3.85. The maximum Gasteiger partial charge on any atom is 0.472 e. The van der Waals surface area contributed by atoms with Gasteiger partial charge in [-0.2, -0.15) is 0 Å². The molecule has 0 bridgehead atoms. The van der Waals surface area contributed by atoms with E-state index in [9.17, 15) is 19.0 Å². The first-order valence-corrected chi connectivity index (χ1v) is 37.5. The molecule has 2 N–H and O–H groups in total. The summed E-state index contributed by atoms with van der Waals surface area (Å²) in [5, 5.41) is 3.06. The first-order chi connectivity index (χ1) is 42.9. The third-order valence-corrected chi connectivity index (χ3v) is 16.3. The normalized spacial score (nSPS) is 14.3. The molecule has 0 heterocycles. The van der Waals surface area contributed by atoms with Crippen LogP contribution in [0.5, 0.6) is 0 Å². The second kappa shape index (κ2) is 66.1.